The highest BCUT2D eigenvalue weighted by atomic mass is 32.2. The van der Waals surface area contributed by atoms with Gasteiger partial charge in [0.2, 0.25) is 10.0 Å². The monoisotopic (exact) mass is 308 g/mol. The van der Waals surface area contributed by atoms with Gasteiger partial charge in [-0.1, -0.05) is 24.6 Å². The van der Waals surface area contributed by atoms with E-state index in [0.29, 0.717) is 24.2 Å². The molecular formula is C15H18NO4S-. The number of carbonyl (C=O) groups is 1. The third-order valence-corrected chi connectivity index (χ3v) is 5.60. The van der Waals surface area contributed by atoms with Gasteiger partial charge in [-0.2, -0.15) is 4.31 Å². The van der Waals surface area contributed by atoms with Crippen LogP contribution in [0, 0.1) is 6.92 Å². The Kier molecular flexibility index (Phi) is 4.80. The second kappa shape index (κ2) is 6.41. The predicted octanol–water partition coefficient (Wildman–Crippen LogP) is 0.933. The Balaban J connectivity index is 2.37. The highest BCUT2D eigenvalue weighted by Gasteiger charge is 2.27. The normalized spacial score (nSPS) is 17.2. The van der Waals surface area contributed by atoms with Crippen molar-refractivity contribution in [3.05, 3.63) is 35.4 Å². The smallest absolute Gasteiger partial charge is 0.243 e. The van der Waals surface area contributed by atoms with Gasteiger partial charge in [0.1, 0.15) is 0 Å². The van der Waals surface area contributed by atoms with Crippen LogP contribution in [0.25, 0.3) is 6.08 Å². The molecule has 0 radical (unpaired) electrons. The van der Waals surface area contributed by atoms with E-state index in [0.717, 1.165) is 25.3 Å². The lowest BCUT2D eigenvalue weighted by molar-refractivity contribution is -0.297. The Bertz CT molecular complexity index is 658. The fraction of sp³-hybridized carbons (Fsp3) is 0.400. The second-order valence-electron chi connectivity index (χ2n) is 5.14. The van der Waals surface area contributed by atoms with Gasteiger partial charge in [0, 0.05) is 13.1 Å². The average molecular weight is 308 g/mol. The maximum atomic E-state index is 12.7. The van der Waals surface area contributed by atoms with Crippen LogP contribution in [0.5, 0.6) is 0 Å². The molecule has 6 heteroatoms. The summed E-state index contributed by atoms with van der Waals surface area (Å²) in [7, 11) is -3.52. The van der Waals surface area contributed by atoms with Gasteiger partial charge in [-0.3, -0.25) is 0 Å². The van der Waals surface area contributed by atoms with E-state index in [1.807, 2.05) is 0 Å². The van der Waals surface area contributed by atoms with E-state index in [-0.39, 0.29) is 4.90 Å². The molecule has 0 atom stereocenters. The molecule has 21 heavy (non-hydrogen) atoms. The lowest BCUT2D eigenvalue weighted by Gasteiger charge is -2.26. The summed E-state index contributed by atoms with van der Waals surface area (Å²) < 4.78 is 26.8. The Morgan fingerprint density at radius 2 is 1.90 bits per heavy atom. The Hall–Kier alpha value is -1.66. The molecule has 1 aliphatic heterocycles. The minimum absolute atomic E-state index is 0.241. The van der Waals surface area contributed by atoms with Crippen LogP contribution in [0.4, 0.5) is 0 Å². The first kappa shape index (κ1) is 15.7. The van der Waals surface area contributed by atoms with E-state index < -0.39 is 16.0 Å². The summed E-state index contributed by atoms with van der Waals surface area (Å²) in [6.07, 6.45) is 5.04. The van der Waals surface area contributed by atoms with Crippen LogP contribution in [0.2, 0.25) is 0 Å². The van der Waals surface area contributed by atoms with Crippen molar-refractivity contribution < 1.29 is 18.3 Å². The molecule has 0 aromatic heterocycles. The summed E-state index contributed by atoms with van der Waals surface area (Å²) in [5, 5.41) is 10.4. The quantitative estimate of drug-likeness (QED) is 0.775. The van der Waals surface area contributed by atoms with Gasteiger partial charge >= 0.3 is 0 Å². The number of nitrogens with zero attached hydrogens (tertiary/aromatic N) is 1. The molecule has 5 nitrogen and oxygen atoms in total. The van der Waals surface area contributed by atoms with Crippen LogP contribution in [-0.4, -0.2) is 31.8 Å². The van der Waals surface area contributed by atoms with E-state index >= 15 is 0 Å². The van der Waals surface area contributed by atoms with Crippen molar-refractivity contribution in [2.24, 2.45) is 0 Å². The number of aryl methyl sites for hydroxylation is 1. The number of carbonyl (C=O) groups excluding carboxylic acids is 1. The molecule has 1 aromatic rings. The van der Waals surface area contributed by atoms with E-state index in [2.05, 4.69) is 0 Å². The number of piperidine rings is 1. The van der Waals surface area contributed by atoms with E-state index in [9.17, 15) is 18.3 Å². The van der Waals surface area contributed by atoms with Crippen molar-refractivity contribution in [3.8, 4) is 0 Å². The molecule has 0 unspecified atom stereocenters. The van der Waals surface area contributed by atoms with Gasteiger partial charge in [-0.05, 0) is 43.0 Å². The summed E-state index contributed by atoms with van der Waals surface area (Å²) in [4.78, 5) is 10.7. The second-order valence-corrected chi connectivity index (χ2v) is 7.05. The van der Waals surface area contributed by atoms with E-state index in [4.69, 9.17) is 0 Å². The zero-order chi connectivity index (χ0) is 15.5. The van der Waals surface area contributed by atoms with Crippen molar-refractivity contribution in [2.75, 3.05) is 13.1 Å². The number of aliphatic carboxylic acids is 1. The van der Waals surface area contributed by atoms with E-state index in [1.165, 1.54) is 16.4 Å². The van der Waals surface area contributed by atoms with Crippen LogP contribution in [0.1, 0.15) is 30.4 Å². The van der Waals surface area contributed by atoms with Crippen molar-refractivity contribution in [2.45, 2.75) is 31.1 Å². The minimum atomic E-state index is -3.52. The molecule has 0 bridgehead atoms. The average Bonchev–Trinajstić information content (AvgIpc) is 2.47. The molecule has 1 aromatic carbocycles. The van der Waals surface area contributed by atoms with Crippen molar-refractivity contribution in [3.63, 3.8) is 0 Å². The number of benzene rings is 1. The molecular weight excluding hydrogens is 290 g/mol. The maximum Gasteiger partial charge on any atom is 0.243 e. The summed E-state index contributed by atoms with van der Waals surface area (Å²) in [5.41, 5.74) is 1.19. The Morgan fingerprint density at radius 1 is 1.24 bits per heavy atom. The molecule has 0 saturated carbocycles. The Morgan fingerprint density at radius 3 is 2.52 bits per heavy atom. The van der Waals surface area contributed by atoms with Crippen molar-refractivity contribution in [1.29, 1.82) is 0 Å². The lowest BCUT2D eigenvalue weighted by Crippen LogP contribution is -2.35. The molecule has 0 spiro atoms. The molecule has 1 aliphatic rings. The van der Waals surface area contributed by atoms with Gasteiger partial charge in [-0.15, -0.1) is 0 Å². The van der Waals surface area contributed by atoms with Gasteiger partial charge < -0.3 is 9.90 Å². The lowest BCUT2D eigenvalue weighted by atomic mass is 10.1. The maximum absolute atomic E-state index is 12.7. The Labute approximate surface area is 124 Å². The van der Waals surface area contributed by atoms with Crippen LogP contribution >= 0.6 is 0 Å². The summed E-state index contributed by atoms with van der Waals surface area (Å²) >= 11 is 0. The zero-order valence-corrected chi connectivity index (χ0v) is 12.7. The minimum Gasteiger partial charge on any atom is -0.545 e. The number of carboxylic acid groups (broad SMARTS) is 1. The predicted molar refractivity (Wildman–Crippen MR) is 77.8 cm³/mol. The van der Waals surface area contributed by atoms with Crippen LogP contribution in [-0.2, 0) is 14.8 Å². The van der Waals surface area contributed by atoms with Gasteiger partial charge in [0.05, 0.1) is 10.9 Å². The highest BCUT2D eigenvalue weighted by Crippen LogP contribution is 2.24. The highest BCUT2D eigenvalue weighted by molar-refractivity contribution is 7.89. The first-order chi connectivity index (χ1) is 9.91. The first-order valence-corrected chi connectivity index (χ1v) is 8.35. The molecule has 1 fully saturated rings. The molecule has 0 amide bonds. The van der Waals surface area contributed by atoms with Gasteiger partial charge in [0.15, 0.2) is 0 Å². The van der Waals surface area contributed by atoms with Crippen LogP contribution < -0.4 is 5.11 Å². The fourth-order valence-corrected chi connectivity index (χ4v) is 4.18. The van der Waals surface area contributed by atoms with Crippen LogP contribution in [0.3, 0.4) is 0 Å². The molecule has 1 heterocycles. The number of sulfonamides is 1. The third-order valence-electron chi connectivity index (χ3n) is 3.56. The number of hydrogen-bond donors (Lipinski definition) is 0. The molecule has 114 valence electrons. The van der Waals surface area contributed by atoms with E-state index in [1.54, 1.807) is 19.1 Å². The first-order valence-electron chi connectivity index (χ1n) is 6.91. The van der Waals surface area contributed by atoms with Crippen LogP contribution in [0.15, 0.2) is 29.2 Å². The largest absolute Gasteiger partial charge is 0.545 e. The zero-order valence-electron chi connectivity index (χ0n) is 11.9. The van der Waals surface area contributed by atoms with Gasteiger partial charge in [-0.25, -0.2) is 8.42 Å². The standard InChI is InChI=1S/C15H19NO4S/c1-12-5-6-13(7-8-15(17)18)11-14(12)21(19,20)16-9-3-2-4-10-16/h5-8,11H,2-4,9-10H2,1H3,(H,17,18)/p-1. The molecule has 2 rings (SSSR count). The van der Waals surface area contributed by atoms with Crippen molar-refractivity contribution in [1.82, 2.24) is 4.31 Å². The number of carboxylic acids is 1. The van der Waals surface area contributed by atoms with Crippen molar-refractivity contribution >= 4 is 22.1 Å². The molecule has 1 saturated heterocycles. The topological polar surface area (TPSA) is 77.5 Å². The number of rotatable bonds is 4. The third kappa shape index (κ3) is 3.71. The summed E-state index contributed by atoms with van der Waals surface area (Å²) in [5.74, 6) is -1.31. The SMILES string of the molecule is Cc1ccc(C=CC(=O)[O-])cc1S(=O)(=O)N1CCCCC1. The number of hydrogen-bond acceptors (Lipinski definition) is 4. The summed E-state index contributed by atoms with van der Waals surface area (Å²) in [6.45, 7) is 2.82. The molecule has 0 N–H and O–H groups in total. The fourth-order valence-electron chi connectivity index (χ4n) is 2.41. The molecule has 0 aliphatic carbocycles. The summed E-state index contributed by atoms with van der Waals surface area (Å²) in [6, 6.07) is 4.88. The van der Waals surface area contributed by atoms with Gasteiger partial charge in [0.25, 0.3) is 0 Å².